The van der Waals surface area contributed by atoms with E-state index in [2.05, 4.69) is 15.3 Å². The first kappa shape index (κ1) is 19.1. The summed E-state index contributed by atoms with van der Waals surface area (Å²) in [6, 6.07) is 14.5. The Morgan fingerprint density at radius 1 is 1.21 bits per heavy atom. The molecule has 0 radical (unpaired) electrons. The highest BCUT2D eigenvalue weighted by Crippen LogP contribution is 2.34. The van der Waals surface area contributed by atoms with E-state index in [1.54, 1.807) is 24.3 Å². The van der Waals surface area contributed by atoms with Crippen LogP contribution in [0.4, 0.5) is 17.1 Å². The highest BCUT2D eigenvalue weighted by molar-refractivity contribution is 8.19. The highest BCUT2D eigenvalue weighted by atomic mass is 32.2. The second-order valence-electron chi connectivity index (χ2n) is 5.42. The third kappa shape index (κ3) is 4.18. The molecule has 0 unspecified atom stereocenters. The number of para-hydroxylation sites is 1. The Hall–Kier alpha value is -3.66. The Balaban J connectivity index is 1.90. The molecule has 0 bridgehead atoms. The van der Waals surface area contributed by atoms with Crippen LogP contribution in [0.5, 0.6) is 0 Å². The fraction of sp³-hybridized carbons (Fsp3) is 0.0556. The minimum Gasteiger partial charge on any atom is -0.466 e. The summed E-state index contributed by atoms with van der Waals surface area (Å²) in [6.07, 6.45) is 1.11. The number of nitrogens with zero attached hydrogens (tertiary/aromatic N) is 3. The number of ether oxygens (including phenoxy) is 1. The standard InChI is InChI=1S/C18H14N4O5S/c1-27-16(23)11-15-17(24)21(13-5-3-2-4-6-13)18(28-15)20-19-12-7-9-14(10-8-12)22(25)26/h2-11,19H,1H3. The van der Waals surface area contributed by atoms with Gasteiger partial charge in [0.2, 0.25) is 0 Å². The lowest BCUT2D eigenvalue weighted by Crippen LogP contribution is -2.29. The van der Waals surface area contributed by atoms with Gasteiger partial charge < -0.3 is 4.74 Å². The van der Waals surface area contributed by atoms with Gasteiger partial charge in [0.25, 0.3) is 11.6 Å². The quantitative estimate of drug-likeness (QED) is 0.356. The number of carbonyl (C=O) groups is 2. The van der Waals surface area contributed by atoms with Gasteiger partial charge in [-0.05, 0) is 36.0 Å². The van der Waals surface area contributed by atoms with E-state index in [0.29, 0.717) is 16.5 Å². The zero-order valence-electron chi connectivity index (χ0n) is 14.6. The predicted octanol–water partition coefficient (Wildman–Crippen LogP) is 3.11. The van der Waals surface area contributed by atoms with Crippen molar-refractivity contribution in [2.24, 2.45) is 5.10 Å². The summed E-state index contributed by atoms with van der Waals surface area (Å²) in [5.74, 6) is -1.06. The molecule has 1 aliphatic heterocycles. The van der Waals surface area contributed by atoms with Gasteiger partial charge in [0.1, 0.15) is 0 Å². The van der Waals surface area contributed by atoms with E-state index in [0.717, 1.165) is 17.8 Å². The van der Waals surface area contributed by atoms with Gasteiger partial charge in [-0.1, -0.05) is 18.2 Å². The number of benzene rings is 2. The number of non-ortho nitro benzene ring substituents is 1. The topological polar surface area (TPSA) is 114 Å². The zero-order chi connectivity index (χ0) is 20.1. The van der Waals surface area contributed by atoms with Crippen LogP contribution in [-0.2, 0) is 14.3 Å². The third-order valence-corrected chi connectivity index (χ3v) is 4.60. The van der Waals surface area contributed by atoms with E-state index in [-0.39, 0.29) is 10.6 Å². The number of thioether (sulfide) groups is 1. The summed E-state index contributed by atoms with van der Waals surface area (Å²) >= 11 is 1.01. The number of nitro benzene ring substituents is 1. The molecule has 0 aromatic heterocycles. The van der Waals surface area contributed by atoms with Gasteiger partial charge in [0.15, 0.2) is 5.17 Å². The predicted molar refractivity (Wildman–Crippen MR) is 106 cm³/mol. The minimum absolute atomic E-state index is 0.0437. The number of carbonyl (C=O) groups excluding carboxylic acids is 2. The normalized spacial score (nSPS) is 16.5. The fourth-order valence-corrected chi connectivity index (χ4v) is 3.19. The van der Waals surface area contributed by atoms with Crippen LogP contribution in [0.1, 0.15) is 0 Å². The second-order valence-corrected chi connectivity index (χ2v) is 6.43. The first-order valence-corrected chi connectivity index (χ1v) is 8.76. The van der Waals surface area contributed by atoms with Gasteiger partial charge in [0.05, 0.1) is 28.3 Å². The lowest BCUT2D eigenvalue weighted by molar-refractivity contribution is -0.384. The lowest BCUT2D eigenvalue weighted by atomic mass is 10.3. The maximum atomic E-state index is 12.7. The molecule has 0 aliphatic carbocycles. The van der Waals surface area contributed by atoms with Crippen molar-refractivity contribution in [3.63, 3.8) is 0 Å². The lowest BCUT2D eigenvalue weighted by Gasteiger charge is -2.15. The van der Waals surface area contributed by atoms with Gasteiger partial charge in [0, 0.05) is 18.2 Å². The molecule has 3 rings (SSSR count). The molecule has 1 amide bonds. The number of hydrogen-bond donors (Lipinski definition) is 1. The number of anilines is 2. The van der Waals surface area contributed by atoms with Crippen molar-refractivity contribution in [2.45, 2.75) is 0 Å². The third-order valence-electron chi connectivity index (χ3n) is 3.63. The Bertz CT molecular complexity index is 973. The zero-order valence-corrected chi connectivity index (χ0v) is 15.4. The van der Waals surface area contributed by atoms with Crippen LogP contribution >= 0.6 is 11.8 Å². The summed E-state index contributed by atoms with van der Waals surface area (Å²) in [5.41, 5.74) is 3.81. The van der Waals surface area contributed by atoms with Crippen LogP contribution in [0, 0.1) is 10.1 Å². The number of rotatable bonds is 5. The van der Waals surface area contributed by atoms with Crippen LogP contribution in [0.15, 0.2) is 70.7 Å². The summed E-state index contributed by atoms with van der Waals surface area (Å²) < 4.78 is 4.59. The molecule has 1 N–H and O–H groups in total. The summed E-state index contributed by atoms with van der Waals surface area (Å²) in [5, 5.41) is 15.3. The maximum absolute atomic E-state index is 12.7. The van der Waals surface area contributed by atoms with Gasteiger partial charge in [-0.2, -0.15) is 0 Å². The Kier molecular flexibility index (Phi) is 5.70. The van der Waals surface area contributed by atoms with Crippen molar-refractivity contribution in [1.29, 1.82) is 0 Å². The smallest absolute Gasteiger partial charge is 0.331 e. The highest BCUT2D eigenvalue weighted by Gasteiger charge is 2.35. The molecule has 0 atom stereocenters. The van der Waals surface area contributed by atoms with Crippen LogP contribution in [-0.4, -0.2) is 29.1 Å². The number of esters is 1. The van der Waals surface area contributed by atoms with Crippen molar-refractivity contribution in [1.82, 2.24) is 0 Å². The molecular weight excluding hydrogens is 384 g/mol. The first-order valence-electron chi connectivity index (χ1n) is 7.95. The molecule has 2 aromatic rings. The maximum Gasteiger partial charge on any atom is 0.331 e. The monoisotopic (exact) mass is 398 g/mol. The molecule has 1 saturated heterocycles. The fourth-order valence-electron chi connectivity index (χ4n) is 2.29. The van der Waals surface area contributed by atoms with E-state index >= 15 is 0 Å². The van der Waals surface area contributed by atoms with Crippen molar-refractivity contribution < 1.29 is 19.2 Å². The molecule has 2 aromatic carbocycles. The van der Waals surface area contributed by atoms with Crippen LogP contribution in [0.3, 0.4) is 0 Å². The van der Waals surface area contributed by atoms with Gasteiger partial charge >= 0.3 is 5.97 Å². The number of hydrazone groups is 1. The van der Waals surface area contributed by atoms with E-state index in [9.17, 15) is 19.7 Å². The Morgan fingerprint density at radius 2 is 1.89 bits per heavy atom. The molecule has 28 heavy (non-hydrogen) atoms. The number of amidine groups is 1. The Morgan fingerprint density at radius 3 is 2.50 bits per heavy atom. The first-order chi connectivity index (χ1) is 13.5. The average Bonchev–Trinajstić information content (AvgIpc) is 3.02. The van der Waals surface area contributed by atoms with E-state index in [1.807, 2.05) is 6.07 Å². The van der Waals surface area contributed by atoms with Gasteiger partial charge in [-0.3, -0.25) is 25.2 Å². The Labute approximate surface area is 163 Å². The number of amides is 1. The van der Waals surface area contributed by atoms with Gasteiger partial charge in [-0.15, -0.1) is 5.10 Å². The molecule has 1 aliphatic rings. The van der Waals surface area contributed by atoms with Crippen LogP contribution in [0.25, 0.3) is 0 Å². The molecule has 10 heteroatoms. The van der Waals surface area contributed by atoms with Crippen molar-refractivity contribution in [3.05, 3.63) is 75.7 Å². The minimum atomic E-state index is -0.645. The van der Waals surface area contributed by atoms with Crippen molar-refractivity contribution in [2.75, 3.05) is 17.4 Å². The van der Waals surface area contributed by atoms with E-state index in [4.69, 9.17) is 0 Å². The van der Waals surface area contributed by atoms with Crippen LogP contribution < -0.4 is 10.3 Å². The average molecular weight is 398 g/mol. The molecule has 1 fully saturated rings. The second kappa shape index (κ2) is 8.35. The van der Waals surface area contributed by atoms with Gasteiger partial charge in [-0.25, -0.2) is 4.79 Å². The number of methoxy groups -OCH3 is 1. The summed E-state index contributed by atoms with van der Waals surface area (Å²) in [7, 11) is 1.23. The SMILES string of the molecule is COC(=O)C=C1SC(=NNc2ccc([N+](=O)[O-])cc2)N(c2ccccc2)C1=O. The number of nitrogens with one attached hydrogen (secondary N) is 1. The molecule has 0 saturated carbocycles. The van der Waals surface area contributed by atoms with E-state index in [1.165, 1.54) is 36.3 Å². The molecule has 0 spiro atoms. The molecule has 1 heterocycles. The van der Waals surface area contributed by atoms with Crippen LogP contribution in [0.2, 0.25) is 0 Å². The molecular formula is C18H14N4O5S. The van der Waals surface area contributed by atoms with Crippen molar-refractivity contribution >= 4 is 45.9 Å². The van der Waals surface area contributed by atoms with E-state index < -0.39 is 16.8 Å². The summed E-state index contributed by atoms with van der Waals surface area (Å²) in [6.45, 7) is 0. The number of hydrogen-bond acceptors (Lipinski definition) is 8. The molecule has 9 nitrogen and oxygen atoms in total. The number of nitro groups is 1. The largest absolute Gasteiger partial charge is 0.466 e. The van der Waals surface area contributed by atoms with Crippen molar-refractivity contribution in [3.8, 4) is 0 Å². The summed E-state index contributed by atoms with van der Waals surface area (Å²) in [4.78, 5) is 36.0. The molecule has 142 valence electrons.